The number of carbonyl (C=O) groups excluding carboxylic acids is 1. The first-order chi connectivity index (χ1) is 7.90. The van der Waals surface area contributed by atoms with Crippen molar-refractivity contribution in [1.29, 1.82) is 0 Å². The molecule has 0 unspecified atom stereocenters. The van der Waals surface area contributed by atoms with Crippen LogP contribution in [0, 0.1) is 0 Å². The number of nitrogens with zero attached hydrogens (tertiary/aromatic N) is 1. The van der Waals surface area contributed by atoms with Crippen LogP contribution in [0.3, 0.4) is 0 Å². The Bertz CT molecular complexity index is 419. The molecule has 1 rings (SSSR count). The first-order valence-corrected chi connectivity index (χ1v) is 6.52. The predicted octanol–water partition coefficient (Wildman–Crippen LogP) is 0.134. The molecule has 0 saturated carbocycles. The second-order valence-corrected chi connectivity index (χ2v) is 4.94. The Hall–Kier alpha value is -1.24. The van der Waals surface area contributed by atoms with Gasteiger partial charge in [0.15, 0.2) is 0 Å². The lowest BCUT2D eigenvalue weighted by atomic mass is 10.3. The summed E-state index contributed by atoms with van der Waals surface area (Å²) in [6.07, 6.45) is -0.610. The molecule has 1 aromatic carbocycles. The van der Waals surface area contributed by atoms with Gasteiger partial charge in [0.1, 0.15) is 0 Å². The van der Waals surface area contributed by atoms with Crippen molar-refractivity contribution < 1.29 is 24.4 Å². The number of hydroxylamine groups is 1. The van der Waals surface area contributed by atoms with Gasteiger partial charge in [-0.2, -0.15) is 5.06 Å². The quantitative estimate of drug-likeness (QED) is 0.340. The molecule has 0 bridgehead atoms. The second kappa shape index (κ2) is 5.90. The monoisotopic (exact) mass is 260 g/mol. The molecule has 0 radical (unpaired) electrons. The van der Waals surface area contributed by atoms with E-state index in [2.05, 4.69) is 5.32 Å². The zero-order valence-electron chi connectivity index (χ0n) is 8.85. The van der Waals surface area contributed by atoms with Gasteiger partial charge >= 0.3 is 7.60 Å². The Morgan fingerprint density at radius 3 is 2.41 bits per heavy atom. The lowest BCUT2D eigenvalue weighted by Crippen LogP contribution is -2.36. The third kappa shape index (κ3) is 5.08. The predicted molar refractivity (Wildman–Crippen MR) is 60.6 cm³/mol. The average molecular weight is 260 g/mol. The van der Waals surface area contributed by atoms with Gasteiger partial charge in [-0.1, -0.05) is 18.2 Å². The third-order valence-corrected chi connectivity index (χ3v) is 2.47. The number of rotatable bonds is 5. The van der Waals surface area contributed by atoms with Gasteiger partial charge in [0.2, 0.25) is 0 Å². The van der Waals surface area contributed by atoms with Crippen LogP contribution in [0.4, 0.5) is 5.69 Å². The van der Waals surface area contributed by atoms with E-state index in [4.69, 9.17) is 9.79 Å². The summed E-state index contributed by atoms with van der Waals surface area (Å²) in [7, 11) is -4.19. The lowest BCUT2D eigenvalue weighted by molar-refractivity contribution is -0.122. The Balaban J connectivity index is 2.46. The standard InChI is InChI=1S/C9H13N2O5P/c12-9(6-10-7-17(14,15)16)11(13)8-4-2-1-3-5-8/h1-5,10,13H,6-7H2,(H2,14,15,16). The molecule has 17 heavy (non-hydrogen) atoms. The van der Waals surface area contributed by atoms with Crippen LogP contribution in [0.15, 0.2) is 30.3 Å². The molecule has 0 aliphatic rings. The van der Waals surface area contributed by atoms with Crippen molar-refractivity contribution in [2.75, 3.05) is 17.9 Å². The van der Waals surface area contributed by atoms with E-state index in [9.17, 15) is 14.6 Å². The number of benzene rings is 1. The number of carbonyl (C=O) groups is 1. The van der Waals surface area contributed by atoms with E-state index in [1.807, 2.05) is 0 Å². The molecule has 0 aromatic heterocycles. The van der Waals surface area contributed by atoms with E-state index in [-0.39, 0.29) is 12.2 Å². The van der Waals surface area contributed by atoms with Crippen molar-refractivity contribution in [1.82, 2.24) is 5.32 Å². The molecular weight excluding hydrogens is 247 g/mol. The van der Waals surface area contributed by atoms with E-state index < -0.39 is 19.8 Å². The van der Waals surface area contributed by atoms with Crippen LogP contribution < -0.4 is 10.4 Å². The Morgan fingerprint density at radius 1 is 1.29 bits per heavy atom. The van der Waals surface area contributed by atoms with Crippen molar-refractivity contribution in [3.05, 3.63) is 30.3 Å². The highest BCUT2D eigenvalue weighted by Crippen LogP contribution is 2.31. The van der Waals surface area contributed by atoms with Crippen LogP contribution in [0.25, 0.3) is 0 Å². The van der Waals surface area contributed by atoms with Crippen molar-refractivity contribution >= 4 is 19.2 Å². The van der Waals surface area contributed by atoms with Gasteiger partial charge in [-0.15, -0.1) is 0 Å². The minimum absolute atomic E-state index is 0.287. The zero-order chi connectivity index (χ0) is 12.9. The van der Waals surface area contributed by atoms with Crippen molar-refractivity contribution in [3.8, 4) is 0 Å². The van der Waals surface area contributed by atoms with Gasteiger partial charge in [-0.3, -0.25) is 19.9 Å². The molecule has 0 heterocycles. The number of anilines is 1. The molecule has 0 aliphatic heterocycles. The molecule has 0 saturated heterocycles. The minimum atomic E-state index is -4.19. The van der Waals surface area contributed by atoms with Gasteiger partial charge in [-0.25, -0.2) is 0 Å². The fraction of sp³-hybridized carbons (Fsp3) is 0.222. The molecule has 1 aromatic rings. The minimum Gasteiger partial charge on any atom is -0.324 e. The summed E-state index contributed by atoms with van der Waals surface area (Å²) in [5, 5.41) is 12.2. The molecule has 0 aliphatic carbocycles. The molecule has 7 nitrogen and oxygen atoms in total. The summed E-state index contributed by atoms with van der Waals surface area (Å²) in [4.78, 5) is 28.5. The van der Waals surface area contributed by atoms with E-state index in [0.29, 0.717) is 5.06 Å². The Kier molecular flexibility index (Phi) is 4.80. The van der Waals surface area contributed by atoms with Crippen molar-refractivity contribution in [3.63, 3.8) is 0 Å². The van der Waals surface area contributed by atoms with Crippen molar-refractivity contribution in [2.24, 2.45) is 0 Å². The number of para-hydroxylation sites is 1. The maximum absolute atomic E-state index is 11.4. The summed E-state index contributed by atoms with van der Waals surface area (Å²) in [5.74, 6) is -0.704. The summed E-state index contributed by atoms with van der Waals surface area (Å²) in [6, 6.07) is 8.08. The maximum atomic E-state index is 11.4. The summed E-state index contributed by atoms with van der Waals surface area (Å²) in [5.41, 5.74) is 0.287. The largest absolute Gasteiger partial charge is 0.339 e. The summed E-state index contributed by atoms with van der Waals surface area (Å²) in [6.45, 7) is -0.365. The first kappa shape index (κ1) is 13.8. The normalized spacial score (nSPS) is 11.2. The topological polar surface area (TPSA) is 110 Å². The van der Waals surface area contributed by atoms with Crippen LogP contribution in [0.1, 0.15) is 0 Å². The molecule has 0 atom stereocenters. The molecule has 1 amide bonds. The molecule has 4 N–H and O–H groups in total. The highest BCUT2D eigenvalue weighted by Gasteiger charge is 2.16. The van der Waals surface area contributed by atoms with Gasteiger partial charge in [0.05, 0.1) is 18.5 Å². The smallest absolute Gasteiger partial charge is 0.324 e. The zero-order valence-corrected chi connectivity index (χ0v) is 9.75. The highest BCUT2D eigenvalue weighted by molar-refractivity contribution is 7.51. The van der Waals surface area contributed by atoms with Crippen molar-refractivity contribution in [2.45, 2.75) is 0 Å². The Labute approximate surface area is 97.8 Å². The molecule has 0 fully saturated rings. The molecular formula is C9H13N2O5P. The second-order valence-electron chi connectivity index (χ2n) is 3.29. The molecule has 94 valence electrons. The van der Waals surface area contributed by atoms with Crippen LogP contribution in [-0.4, -0.2) is 33.7 Å². The average Bonchev–Trinajstić information content (AvgIpc) is 2.27. The van der Waals surface area contributed by atoms with Crippen LogP contribution in [0.2, 0.25) is 0 Å². The number of hydrogen-bond acceptors (Lipinski definition) is 4. The SMILES string of the molecule is O=C(CNCP(=O)(O)O)N(O)c1ccccc1. The van der Waals surface area contributed by atoms with E-state index >= 15 is 0 Å². The Morgan fingerprint density at radius 2 is 1.88 bits per heavy atom. The van der Waals surface area contributed by atoms with Gasteiger partial charge in [0, 0.05) is 0 Å². The molecule has 8 heteroatoms. The van der Waals surface area contributed by atoms with E-state index in [1.54, 1.807) is 18.2 Å². The van der Waals surface area contributed by atoms with Gasteiger partial charge in [-0.05, 0) is 12.1 Å². The van der Waals surface area contributed by atoms with Gasteiger partial charge < -0.3 is 9.79 Å². The third-order valence-electron chi connectivity index (χ3n) is 1.83. The van der Waals surface area contributed by atoms with Crippen LogP contribution in [-0.2, 0) is 9.36 Å². The maximum Gasteiger partial charge on any atom is 0.339 e. The van der Waals surface area contributed by atoms with Crippen LogP contribution >= 0.6 is 7.60 Å². The fourth-order valence-corrected chi connectivity index (χ4v) is 1.50. The summed E-state index contributed by atoms with van der Waals surface area (Å²) >= 11 is 0. The number of hydrogen-bond donors (Lipinski definition) is 4. The summed E-state index contributed by atoms with van der Waals surface area (Å²) < 4.78 is 10.5. The van der Waals surface area contributed by atoms with Crippen LogP contribution in [0.5, 0.6) is 0 Å². The lowest BCUT2D eigenvalue weighted by Gasteiger charge is -2.15. The van der Waals surface area contributed by atoms with E-state index in [0.717, 1.165) is 0 Å². The first-order valence-electron chi connectivity index (χ1n) is 4.72. The van der Waals surface area contributed by atoms with Gasteiger partial charge in [0.25, 0.3) is 5.91 Å². The number of nitrogens with one attached hydrogen (secondary N) is 1. The highest BCUT2D eigenvalue weighted by atomic mass is 31.2. The van der Waals surface area contributed by atoms with E-state index in [1.165, 1.54) is 12.1 Å². The molecule has 0 spiro atoms. The fourth-order valence-electron chi connectivity index (χ4n) is 1.10. The number of amides is 1.